The molecule has 236 valence electrons. The summed E-state index contributed by atoms with van der Waals surface area (Å²) in [7, 11) is 0. The summed E-state index contributed by atoms with van der Waals surface area (Å²) in [6.07, 6.45) is 43.2. The number of nitrogens with zero attached hydrogens (tertiary/aromatic N) is 1. The Morgan fingerprint density at radius 2 is 0.538 bits per heavy atom. The van der Waals surface area contributed by atoms with Crippen molar-refractivity contribution in [3.63, 3.8) is 0 Å². The van der Waals surface area contributed by atoms with Gasteiger partial charge in [0.05, 0.1) is 0 Å². The van der Waals surface area contributed by atoms with Crippen LogP contribution in [0.3, 0.4) is 0 Å². The van der Waals surface area contributed by atoms with Crippen LogP contribution < -0.4 is 0 Å². The minimum absolute atomic E-state index is 0.375. The lowest BCUT2D eigenvalue weighted by atomic mass is 9.92. The van der Waals surface area contributed by atoms with Gasteiger partial charge in [-0.1, -0.05) is 194 Å². The lowest BCUT2D eigenvalue weighted by Gasteiger charge is -2.39. The first-order chi connectivity index (χ1) is 19.1. The third-order valence-electron chi connectivity index (χ3n) is 9.31. The summed E-state index contributed by atoms with van der Waals surface area (Å²) in [6.45, 7) is 14.7. The van der Waals surface area contributed by atoms with Crippen molar-refractivity contribution < 1.29 is 0 Å². The van der Waals surface area contributed by atoms with Crippen molar-refractivity contribution >= 4 is 0 Å². The molecule has 0 spiro atoms. The molecule has 0 rings (SSSR count). The van der Waals surface area contributed by atoms with Crippen molar-refractivity contribution in [1.82, 2.24) is 4.90 Å². The molecule has 0 atom stereocenters. The van der Waals surface area contributed by atoms with Crippen LogP contribution in [0, 0.1) is 0 Å². The van der Waals surface area contributed by atoms with Crippen molar-refractivity contribution in [2.45, 2.75) is 233 Å². The molecule has 0 aliphatic carbocycles. The summed E-state index contributed by atoms with van der Waals surface area (Å²) >= 11 is 0. The van der Waals surface area contributed by atoms with Crippen LogP contribution >= 0.6 is 0 Å². The first-order valence-electron chi connectivity index (χ1n) is 18.8. The SMILES string of the molecule is CCCCCCCCCCCCCCCC(C)(C)N(CCCCCCCCCC)CCCCCCCCCC. The first-order valence-corrected chi connectivity index (χ1v) is 18.8. The van der Waals surface area contributed by atoms with E-state index >= 15 is 0 Å². The highest BCUT2D eigenvalue weighted by Crippen LogP contribution is 2.25. The van der Waals surface area contributed by atoms with E-state index in [1.165, 1.54) is 206 Å². The zero-order chi connectivity index (χ0) is 28.7. The molecule has 0 aliphatic rings. The third kappa shape index (κ3) is 27.9. The van der Waals surface area contributed by atoms with Gasteiger partial charge >= 0.3 is 0 Å². The number of unbranched alkanes of at least 4 members (excludes halogenated alkanes) is 26. The monoisotopic (exact) mass is 550 g/mol. The van der Waals surface area contributed by atoms with Gasteiger partial charge < -0.3 is 0 Å². The predicted molar refractivity (Wildman–Crippen MR) is 181 cm³/mol. The average Bonchev–Trinajstić information content (AvgIpc) is 2.92. The Labute approximate surface area is 250 Å². The third-order valence-corrected chi connectivity index (χ3v) is 9.31. The molecule has 0 aliphatic heterocycles. The molecule has 0 radical (unpaired) electrons. The lowest BCUT2D eigenvalue weighted by molar-refractivity contribution is 0.102. The quantitative estimate of drug-likeness (QED) is 0.0736. The van der Waals surface area contributed by atoms with E-state index in [1.807, 2.05) is 0 Å². The van der Waals surface area contributed by atoms with Crippen LogP contribution in [0.1, 0.15) is 227 Å². The van der Waals surface area contributed by atoms with Crippen molar-refractivity contribution in [1.29, 1.82) is 0 Å². The first kappa shape index (κ1) is 39.0. The van der Waals surface area contributed by atoms with Crippen molar-refractivity contribution in [2.75, 3.05) is 13.1 Å². The maximum atomic E-state index is 2.90. The molecule has 1 nitrogen and oxygen atoms in total. The smallest absolute Gasteiger partial charge is 0.0153 e. The van der Waals surface area contributed by atoms with Crippen molar-refractivity contribution in [3.8, 4) is 0 Å². The van der Waals surface area contributed by atoms with E-state index in [1.54, 1.807) is 0 Å². The summed E-state index contributed by atoms with van der Waals surface area (Å²) in [5, 5.41) is 0. The highest BCUT2D eigenvalue weighted by Gasteiger charge is 2.25. The molecule has 0 aromatic rings. The fraction of sp³-hybridized carbons (Fsp3) is 1.00. The molecule has 0 N–H and O–H groups in total. The Morgan fingerprint density at radius 1 is 0.308 bits per heavy atom. The van der Waals surface area contributed by atoms with Gasteiger partial charge in [0.25, 0.3) is 0 Å². The molecule has 1 heteroatoms. The van der Waals surface area contributed by atoms with Gasteiger partial charge in [-0.3, -0.25) is 4.90 Å². The van der Waals surface area contributed by atoms with Gasteiger partial charge in [0, 0.05) is 5.54 Å². The molecule has 0 aromatic heterocycles. The Bertz CT molecular complexity index is 422. The van der Waals surface area contributed by atoms with Gasteiger partial charge in [-0.15, -0.1) is 0 Å². The van der Waals surface area contributed by atoms with Gasteiger partial charge in [-0.2, -0.15) is 0 Å². The van der Waals surface area contributed by atoms with Gasteiger partial charge in [-0.05, 0) is 46.2 Å². The number of hydrogen-bond donors (Lipinski definition) is 0. The van der Waals surface area contributed by atoms with Crippen LogP contribution in [0.25, 0.3) is 0 Å². The average molecular weight is 550 g/mol. The van der Waals surface area contributed by atoms with Crippen LogP contribution in [0.15, 0.2) is 0 Å². The largest absolute Gasteiger partial charge is 0.298 e. The Morgan fingerprint density at radius 3 is 0.821 bits per heavy atom. The number of hydrogen-bond acceptors (Lipinski definition) is 1. The predicted octanol–water partition coefficient (Wildman–Crippen LogP) is 13.8. The molecule has 39 heavy (non-hydrogen) atoms. The van der Waals surface area contributed by atoms with Crippen LogP contribution in [0.5, 0.6) is 0 Å². The van der Waals surface area contributed by atoms with E-state index in [2.05, 4.69) is 39.5 Å². The van der Waals surface area contributed by atoms with E-state index in [0.29, 0.717) is 5.54 Å². The second kappa shape index (κ2) is 30.9. The molecule has 0 aromatic carbocycles. The fourth-order valence-corrected chi connectivity index (χ4v) is 6.32. The fourth-order valence-electron chi connectivity index (χ4n) is 6.32. The standard InChI is InChI=1S/C38H79N/c1-6-9-12-15-18-21-22-23-24-25-26-29-32-35-38(4,5)39(36-33-30-27-19-16-13-10-7-2)37-34-31-28-20-17-14-11-8-3/h6-37H2,1-5H3. The summed E-state index contributed by atoms with van der Waals surface area (Å²) in [5.74, 6) is 0. The molecule has 0 heterocycles. The van der Waals surface area contributed by atoms with Crippen molar-refractivity contribution in [3.05, 3.63) is 0 Å². The van der Waals surface area contributed by atoms with Gasteiger partial charge in [0.1, 0.15) is 0 Å². The van der Waals surface area contributed by atoms with Crippen molar-refractivity contribution in [2.24, 2.45) is 0 Å². The summed E-state index contributed by atoms with van der Waals surface area (Å²) < 4.78 is 0. The van der Waals surface area contributed by atoms with E-state index in [0.717, 1.165) is 0 Å². The molecular weight excluding hydrogens is 470 g/mol. The number of rotatable bonds is 33. The van der Waals surface area contributed by atoms with Crippen LogP contribution in [0.4, 0.5) is 0 Å². The molecule has 0 saturated heterocycles. The minimum atomic E-state index is 0.375. The van der Waals surface area contributed by atoms with Crippen LogP contribution in [-0.2, 0) is 0 Å². The van der Waals surface area contributed by atoms with E-state index in [-0.39, 0.29) is 0 Å². The highest BCUT2D eigenvalue weighted by molar-refractivity contribution is 4.81. The maximum Gasteiger partial charge on any atom is 0.0153 e. The zero-order valence-corrected chi connectivity index (χ0v) is 28.6. The molecular formula is C38H79N. The maximum absolute atomic E-state index is 2.90. The van der Waals surface area contributed by atoms with Crippen LogP contribution in [0.2, 0.25) is 0 Å². The van der Waals surface area contributed by atoms with E-state index in [9.17, 15) is 0 Å². The van der Waals surface area contributed by atoms with E-state index in [4.69, 9.17) is 0 Å². The summed E-state index contributed by atoms with van der Waals surface area (Å²) in [6, 6.07) is 0. The lowest BCUT2D eigenvalue weighted by Crippen LogP contribution is -2.45. The second-order valence-corrected chi connectivity index (χ2v) is 13.7. The van der Waals surface area contributed by atoms with Crippen LogP contribution in [-0.4, -0.2) is 23.5 Å². The van der Waals surface area contributed by atoms with E-state index < -0.39 is 0 Å². The normalized spacial score (nSPS) is 12.2. The highest BCUT2D eigenvalue weighted by atomic mass is 15.2. The minimum Gasteiger partial charge on any atom is -0.298 e. The Hall–Kier alpha value is -0.0400. The Balaban J connectivity index is 4.13. The van der Waals surface area contributed by atoms with Gasteiger partial charge in [0.15, 0.2) is 0 Å². The Kier molecular flexibility index (Phi) is 30.9. The molecule has 0 fully saturated rings. The molecule has 0 bridgehead atoms. The van der Waals surface area contributed by atoms with Gasteiger partial charge in [-0.25, -0.2) is 0 Å². The topological polar surface area (TPSA) is 3.24 Å². The van der Waals surface area contributed by atoms with Gasteiger partial charge in [0.2, 0.25) is 0 Å². The molecule has 0 amide bonds. The summed E-state index contributed by atoms with van der Waals surface area (Å²) in [5.41, 5.74) is 0.375. The second-order valence-electron chi connectivity index (χ2n) is 13.7. The molecule has 0 unspecified atom stereocenters. The zero-order valence-electron chi connectivity index (χ0n) is 28.6. The summed E-state index contributed by atoms with van der Waals surface area (Å²) in [4.78, 5) is 2.90. The molecule has 0 saturated carbocycles.